The standard InChI is InChI=1S/C15H25N5S/c1-11-6-5-7-12(10-11)21-15-18-13(16)17-14(19-15)20-8-3-2-4-9-20/h11-12H,2-10H2,1H3,(H2,16,17,18,19). The van der Waals surface area contributed by atoms with E-state index in [0.29, 0.717) is 11.2 Å². The summed E-state index contributed by atoms with van der Waals surface area (Å²) >= 11 is 1.79. The highest BCUT2D eigenvalue weighted by Gasteiger charge is 2.22. The van der Waals surface area contributed by atoms with Crippen LogP contribution < -0.4 is 10.6 Å². The molecule has 2 atom stereocenters. The molecule has 1 saturated carbocycles. The predicted molar refractivity (Wildman–Crippen MR) is 87.6 cm³/mol. The van der Waals surface area contributed by atoms with E-state index in [1.165, 1.54) is 44.9 Å². The predicted octanol–water partition coefficient (Wildman–Crippen LogP) is 3.11. The second kappa shape index (κ2) is 6.81. The van der Waals surface area contributed by atoms with Gasteiger partial charge >= 0.3 is 0 Å². The maximum Gasteiger partial charge on any atom is 0.231 e. The van der Waals surface area contributed by atoms with Gasteiger partial charge in [-0.05, 0) is 38.0 Å². The normalized spacial score (nSPS) is 26.8. The molecule has 6 heteroatoms. The minimum absolute atomic E-state index is 0.358. The van der Waals surface area contributed by atoms with Gasteiger partial charge in [0.1, 0.15) is 0 Å². The van der Waals surface area contributed by atoms with Gasteiger partial charge in [0.15, 0.2) is 5.16 Å². The molecular weight excluding hydrogens is 282 g/mol. The summed E-state index contributed by atoms with van der Waals surface area (Å²) in [6, 6.07) is 0. The summed E-state index contributed by atoms with van der Waals surface area (Å²) in [5.41, 5.74) is 5.90. The minimum Gasteiger partial charge on any atom is -0.368 e. The summed E-state index contributed by atoms with van der Waals surface area (Å²) in [5.74, 6) is 1.95. The quantitative estimate of drug-likeness (QED) is 0.925. The van der Waals surface area contributed by atoms with E-state index >= 15 is 0 Å². The molecule has 1 saturated heterocycles. The molecule has 2 aliphatic rings. The topological polar surface area (TPSA) is 67.9 Å². The van der Waals surface area contributed by atoms with Crippen molar-refractivity contribution in [3.63, 3.8) is 0 Å². The number of hydrogen-bond acceptors (Lipinski definition) is 6. The van der Waals surface area contributed by atoms with Gasteiger partial charge in [-0.2, -0.15) is 15.0 Å². The molecule has 1 aliphatic heterocycles. The Morgan fingerprint density at radius 3 is 2.62 bits per heavy atom. The molecule has 1 aliphatic carbocycles. The molecule has 0 bridgehead atoms. The summed E-state index contributed by atoms with van der Waals surface area (Å²) < 4.78 is 0. The largest absolute Gasteiger partial charge is 0.368 e. The second-order valence-electron chi connectivity index (χ2n) is 6.34. The van der Waals surface area contributed by atoms with Crippen LogP contribution in [0.1, 0.15) is 51.9 Å². The molecule has 5 nitrogen and oxygen atoms in total. The van der Waals surface area contributed by atoms with Gasteiger partial charge in [-0.1, -0.05) is 31.5 Å². The maximum absolute atomic E-state index is 5.90. The van der Waals surface area contributed by atoms with Crippen molar-refractivity contribution < 1.29 is 0 Å². The van der Waals surface area contributed by atoms with E-state index in [4.69, 9.17) is 5.73 Å². The van der Waals surface area contributed by atoms with Gasteiger partial charge in [-0.3, -0.25) is 0 Å². The van der Waals surface area contributed by atoms with Crippen LogP contribution in [0, 0.1) is 5.92 Å². The highest BCUT2D eigenvalue weighted by Crippen LogP contribution is 2.35. The Kier molecular flexibility index (Phi) is 4.83. The average molecular weight is 307 g/mol. The molecule has 1 aromatic rings. The third-order valence-electron chi connectivity index (χ3n) is 4.42. The van der Waals surface area contributed by atoms with Crippen LogP contribution in [0.3, 0.4) is 0 Å². The van der Waals surface area contributed by atoms with Crippen molar-refractivity contribution in [3.05, 3.63) is 0 Å². The number of nitrogens with two attached hydrogens (primary N) is 1. The van der Waals surface area contributed by atoms with E-state index in [2.05, 4.69) is 26.8 Å². The molecular formula is C15H25N5S. The first-order chi connectivity index (χ1) is 10.2. The van der Waals surface area contributed by atoms with Gasteiger partial charge in [0.25, 0.3) is 0 Å². The number of hydrogen-bond donors (Lipinski definition) is 1. The lowest BCUT2D eigenvalue weighted by Crippen LogP contribution is -2.31. The zero-order chi connectivity index (χ0) is 14.7. The molecule has 1 aromatic heterocycles. The zero-order valence-electron chi connectivity index (χ0n) is 12.8. The van der Waals surface area contributed by atoms with E-state index in [9.17, 15) is 0 Å². The summed E-state index contributed by atoms with van der Waals surface area (Å²) in [5, 5.41) is 1.44. The molecule has 2 fully saturated rings. The van der Waals surface area contributed by atoms with E-state index < -0.39 is 0 Å². The highest BCUT2D eigenvalue weighted by atomic mass is 32.2. The Labute approximate surface area is 131 Å². The SMILES string of the molecule is CC1CCCC(Sc2nc(N)nc(N3CCCCC3)n2)C1. The van der Waals surface area contributed by atoms with E-state index in [1.54, 1.807) is 11.8 Å². The van der Waals surface area contributed by atoms with Gasteiger partial charge < -0.3 is 10.6 Å². The third-order valence-corrected chi connectivity index (χ3v) is 5.57. The Hall–Kier alpha value is -1.04. The number of thioether (sulfide) groups is 1. The molecule has 2 heterocycles. The van der Waals surface area contributed by atoms with Crippen molar-refractivity contribution in [2.75, 3.05) is 23.7 Å². The van der Waals surface area contributed by atoms with E-state index in [0.717, 1.165) is 30.1 Å². The molecule has 0 aromatic carbocycles. The van der Waals surface area contributed by atoms with Crippen molar-refractivity contribution >= 4 is 23.7 Å². The first-order valence-corrected chi connectivity index (χ1v) is 9.02. The van der Waals surface area contributed by atoms with Crippen LogP contribution in [0.4, 0.5) is 11.9 Å². The molecule has 0 spiro atoms. The summed E-state index contributed by atoms with van der Waals surface area (Å²) in [6.07, 6.45) is 8.93. The van der Waals surface area contributed by atoms with Crippen LogP contribution in [0.25, 0.3) is 0 Å². The summed E-state index contributed by atoms with van der Waals surface area (Å²) in [4.78, 5) is 15.6. The van der Waals surface area contributed by atoms with E-state index in [-0.39, 0.29) is 0 Å². The first-order valence-electron chi connectivity index (χ1n) is 8.14. The molecule has 21 heavy (non-hydrogen) atoms. The number of rotatable bonds is 3. The lowest BCUT2D eigenvalue weighted by atomic mass is 9.91. The lowest BCUT2D eigenvalue weighted by Gasteiger charge is -2.28. The average Bonchev–Trinajstić information content (AvgIpc) is 2.47. The van der Waals surface area contributed by atoms with Crippen molar-refractivity contribution in [1.82, 2.24) is 15.0 Å². The fraction of sp³-hybridized carbons (Fsp3) is 0.800. The molecule has 2 N–H and O–H groups in total. The smallest absolute Gasteiger partial charge is 0.231 e. The maximum atomic E-state index is 5.90. The first kappa shape index (κ1) is 14.9. The third kappa shape index (κ3) is 3.99. The second-order valence-corrected chi connectivity index (χ2v) is 7.60. The Morgan fingerprint density at radius 1 is 1.05 bits per heavy atom. The Morgan fingerprint density at radius 2 is 1.86 bits per heavy atom. The van der Waals surface area contributed by atoms with Crippen molar-refractivity contribution in [3.8, 4) is 0 Å². The molecule has 0 amide bonds. The van der Waals surface area contributed by atoms with Crippen LogP contribution >= 0.6 is 11.8 Å². The monoisotopic (exact) mass is 307 g/mol. The van der Waals surface area contributed by atoms with Gasteiger partial charge in [0.05, 0.1) is 0 Å². The van der Waals surface area contributed by atoms with Crippen LogP contribution in [0.5, 0.6) is 0 Å². The number of aromatic nitrogens is 3. The molecule has 2 unspecified atom stereocenters. The zero-order valence-corrected chi connectivity index (χ0v) is 13.6. The molecule has 3 rings (SSSR count). The number of anilines is 2. The van der Waals surface area contributed by atoms with Crippen LogP contribution in [-0.4, -0.2) is 33.3 Å². The summed E-state index contributed by atoms with van der Waals surface area (Å²) in [7, 11) is 0. The fourth-order valence-corrected chi connectivity index (χ4v) is 4.57. The van der Waals surface area contributed by atoms with Crippen molar-refractivity contribution in [2.45, 2.75) is 62.3 Å². The summed E-state index contributed by atoms with van der Waals surface area (Å²) in [6.45, 7) is 4.41. The van der Waals surface area contributed by atoms with E-state index in [1.807, 2.05) is 0 Å². The van der Waals surface area contributed by atoms with Crippen molar-refractivity contribution in [1.29, 1.82) is 0 Å². The van der Waals surface area contributed by atoms with Gasteiger partial charge in [-0.25, -0.2) is 0 Å². The Balaban J connectivity index is 1.71. The van der Waals surface area contributed by atoms with Crippen LogP contribution in [0.15, 0.2) is 5.16 Å². The Bertz CT molecular complexity index is 475. The van der Waals surface area contributed by atoms with Gasteiger partial charge in [0.2, 0.25) is 11.9 Å². The fourth-order valence-electron chi connectivity index (χ4n) is 3.28. The lowest BCUT2D eigenvalue weighted by molar-refractivity contribution is 0.394. The van der Waals surface area contributed by atoms with Crippen LogP contribution in [-0.2, 0) is 0 Å². The number of nitrogens with zero attached hydrogens (tertiary/aromatic N) is 4. The highest BCUT2D eigenvalue weighted by molar-refractivity contribution is 7.99. The molecule has 116 valence electrons. The number of piperidine rings is 1. The minimum atomic E-state index is 0.358. The van der Waals surface area contributed by atoms with Crippen LogP contribution in [0.2, 0.25) is 0 Å². The molecule has 0 radical (unpaired) electrons. The number of nitrogen functional groups attached to an aromatic ring is 1. The van der Waals surface area contributed by atoms with Gasteiger partial charge in [-0.15, -0.1) is 0 Å². The van der Waals surface area contributed by atoms with Gasteiger partial charge in [0, 0.05) is 18.3 Å². The van der Waals surface area contributed by atoms with Crippen molar-refractivity contribution in [2.24, 2.45) is 5.92 Å².